The van der Waals surface area contributed by atoms with E-state index in [9.17, 15) is 9.90 Å². The Kier molecular flexibility index (Phi) is 5.80. The molecule has 0 unspecified atom stereocenters. The van der Waals surface area contributed by atoms with Crippen LogP contribution >= 0.6 is 0 Å². The van der Waals surface area contributed by atoms with E-state index in [0.717, 1.165) is 27.5 Å². The maximum atomic E-state index is 13.3. The Morgan fingerprint density at radius 1 is 1.03 bits per heavy atom. The molecule has 0 saturated heterocycles. The lowest BCUT2D eigenvalue weighted by Crippen LogP contribution is -2.16. The number of aromatic amines is 1. The van der Waals surface area contributed by atoms with Crippen molar-refractivity contribution in [1.29, 1.82) is 0 Å². The highest BCUT2D eigenvalue weighted by atomic mass is 16.5. The number of carbonyl (C=O) groups excluding carboxylic acids is 1. The van der Waals surface area contributed by atoms with Gasteiger partial charge in [0, 0.05) is 21.9 Å². The van der Waals surface area contributed by atoms with Crippen molar-refractivity contribution in [3.05, 3.63) is 78.5 Å². The van der Waals surface area contributed by atoms with Gasteiger partial charge in [-0.05, 0) is 43.9 Å². The van der Waals surface area contributed by atoms with E-state index in [2.05, 4.69) is 15.2 Å². The molecule has 5 aromatic rings. The van der Waals surface area contributed by atoms with Crippen LogP contribution in [0.2, 0.25) is 0 Å². The molecule has 0 spiro atoms. The van der Waals surface area contributed by atoms with Crippen LogP contribution in [0.15, 0.2) is 83.0 Å². The van der Waals surface area contributed by atoms with Crippen molar-refractivity contribution in [2.75, 3.05) is 21.2 Å². The highest BCUT2D eigenvalue weighted by molar-refractivity contribution is 6.10. The first-order valence-electron chi connectivity index (χ1n) is 11.1. The predicted molar refractivity (Wildman–Crippen MR) is 136 cm³/mol. The summed E-state index contributed by atoms with van der Waals surface area (Å²) in [5.41, 5.74) is 3.77. The summed E-state index contributed by atoms with van der Waals surface area (Å²) in [5, 5.41) is 20.7. The first-order chi connectivity index (χ1) is 17.0. The molecule has 0 aliphatic rings. The van der Waals surface area contributed by atoms with E-state index >= 15 is 0 Å². The van der Waals surface area contributed by atoms with E-state index < -0.39 is 5.91 Å². The van der Waals surface area contributed by atoms with Crippen LogP contribution in [0.3, 0.4) is 0 Å². The Bertz CT molecular complexity index is 1560. The molecule has 0 fully saturated rings. The Morgan fingerprint density at radius 2 is 1.77 bits per heavy atom. The van der Waals surface area contributed by atoms with Gasteiger partial charge in [0.1, 0.15) is 11.4 Å². The van der Waals surface area contributed by atoms with Gasteiger partial charge in [0.2, 0.25) is 5.88 Å². The van der Waals surface area contributed by atoms with Crippen LogP contribution in [0.4, 0.5) is 5.69 Å². The minimum absolute atomic E-state index is 0.0406. The molecule has 8 nitrogen and oxygen atoms in total. The second-order valence-corrected chi connectivity index (χ2v) is 8.50. The summed E-state index contributed by atoms with van der Waals surface area (Å²) in [6, 6.07) is 22.7. The van der Waals surface area contributed by atoms with Gasteiger partial charge < -0.3 is 14.8 Å². The smallest absolute Gasteiger partial charge is 0.312 e. The molecular formula is C27H25N5O3. The monoisotopic (exact) mass is 467 g/mol. The number of benzene rings is 3. The summed E-state index contributed by atoms with van der Waals surface area (Å²) in [6.07, 6.45) is 0. The van der Waals surface area contributed by atoms with Gasteiger partial charge in [0.15, 0.2) is 5.69 Å². The number of carbonyl (C=O) groups is 1. The topological polar surface area (TPSA) is 95.2 Å². The van der Waals surface area contributed by atoms with Gasteiger partial charge in [-0.2, -0.15) is 0 Å². The molecule has 2 N–H and O–H groups in total. The second-order valence-electron chi connectivity index (χ2n) is 8.50. The number of azo groups is 1. The van der Waals surface area contributed by atoms with E-state index in [1.54, 1.807) is 11.7 Å². The van der Waals surface area contributed by atoms with E-state index in [1.807, 2.05) is 91.8 Å². The average Bonchev–Trinajstić information content (AvgIpc) is 3.38. The molecule has 0 atom stereocenters. The van der Waals surface area contributed by atoms with Crippen molar-refractivity contribution in [3.63, 3.8) is 0 Å². The molecule has 0 aliphatic carbocycles. The zero-order chi connectivity index (χ0) is 24.5. The van der Waals surface area contributed by atoms with Crippen molar-refractivity contribution in [2.24, 2.45) is 10.2 Å². The summed E-state index contributed by atoms with van der Waals surface area (Å²) < 4.78 is 7.13. The Labute approximate surface area is 202 Å². The predicted octanol–water partition coefficient (Wildman–Crippen LogP) is 5.95. The second kappa shape index (κ2) is 9.08. The number of amides is 1. The molecular weight excluding hydrogens is 442 g/mol. The lowest BCUT2D eigenvalue weighted by atomic mass is 10.0. The third-order valence-corrected chi connectivity index (χ3v) is 5.86. The number of aromatic hydroxyl groups is 1. The maximum absolute atomic E-state index is 13.3. The Hall–Kier alpha value is -4.43. The summed E-state index contributed by atoms with van der Waals surface area (Å²) >= 11 is 0. The molecule has 8 heteroatoms. The van der Waals surface area contributed by atoms with E-state index in [-0.39, 0.29) is 11.6 Å². The average molecular weight is 468 g/mol. The third-order valence-electron chi connectivity index (χ3n) is 5.86. The fourth-order valence-corrected chi connectivity index (χ4v) is 4.30. The highest BCUT2D eigenvalue weighted by Gasteiger charge is 2.21. The first kappa shape index (κ1) is 22.4. The van der Waals surface area contributed by atoms with Crippen molar-refractivity contribution >= 4 is 33.4 Å². The number of nitrogens with zero attached hydrogens (tertiary/aromatic N) is 4. The fraction of sp³-hybridized carbons (Fsp3) is 0.148. The van der Waals surface area contributed by atoms with Crippen LogP contribution in [0, 0.1) is 0 Å². The first-order valence-corrected chi connectivity index (χ1v) is 11.1. The van der Waals surface area contributed by atoms with Crippen LogP contribution in [0.5, 0.6) is 11.6 Å². The SMILES string of the molecule is COc1ccc2[nH]c(C(=O)N=Nc3c(O)n(CN(C)C)c4ccccc34)c(-c3ccccc3)c2c1. The van der Waals surface area contributed by atoms with Gasteiger partial charge in [-0.3, -0.25) is 14.3 Å². The van der Waals surface area contributed by atoms with Gasteiger partial charge in [-0.25, -0.2) is 0 Å². The van der Waals surface area contributed by atoms with Gasteiger partial charge in [0.25, 0.3) is 0 Å². The Balaban J connectivity index is 1.62. The lowest BCUT2D eigenvalue weighted by Gasteiger charge is -2.12. The van der Waals surface area contributed by atoms with Crippen LogP contribution < -0.4 is 4.74 Å². The number of fused-ring (bicyclic) bond motifs is 2. The van der Waals surface area contributed by atoms with Crippen molar-refractivity contribution < 1.29 is 14.6 Å². The van der Waals surface area contributed by atoms with Gasteiger partial charge in [0.05, 0.1) is 19.3 Å². The van der Waals surface area contributed by atoms with Crippen molar-refractivity contribution in [2.45, 2.75) is 6.67 Å². The molecule has 35 heavy (non-hydrogen) atoms. The number of H-pyrrole nitrogens is 1. The van der Waals surface area contributed by atoms with Gasteiger partial charge in [-0.15, -0.1) is 10.2 Å². The Morgan fingerprint density at radius 3 is 2.51 bits per heavy atom. The van der Waals surface area contributed by atoms with Crippen LogP contribution in [-0.4, -0.2) is 46.7 Å². The molecule has 0 bridgehead atoms. The zero-order valence-corrected chi connectivity index (χ0v) is 19.7. The number of methoxy groups -OCH3 is 1. The van der Waals surface area contributed by atoms with Crippen LogP contribution in [0.25, 0.3) is 32.9 Å². The number of nitrogens with one attached hydrogen (secondary N) is 1. The molecule has 2 heterocycles. The fourth-order valence-electron chi connectivity index (χ4n) is 4.30. The van der Waals surface area contributed by atoms with Crippen molar-refractivity contribution in [1.82, 2.24) is 14.5 Å². The number of hydrogen-bond donors (Lipinski definition) is 2. The number of rotatable bonds is 6. The molecule has 0 aliphatic heterocycles. The minimum atomic E-state index is -0.539. The molecule has 0 saturated carbocycles. The van der Waals surface area contributed by atoms with Crippen LogP contribution in [0.1, 0.15) is 10.5 Å². The number of ether oxygens (including phenoxy) is 1. The summed E-state index contributed by atoms with van der Waals surface area (Å²) in [4.78, 5) is 18.5. The standard InChI is InChI=1S/C27H25N5O3/c1-31(2)16-32-22-12-8-7-11-19(22)24(27(32)34)29-30-26(33)25-23(17-9-5-4-6-10-17)20-15-18(35-3)13-14-21(20)28-25/h4-15,28,34H,16H2,1-3H3. The molecule has 5 rings (SSSR count). The minimum Gasteiger partial charge on any atom is -0.497 e. The third kappa shape index (κ3) is 4.04. The molecule has 3 aromatic carbocycles. The molecule has 1 amide bonds. The van der Waals surface area contributed by atoms with Gasteiger partial charge >= 0.3 is 5.91 Å². The highest BCUT2D eigenvalue weighted by Crippen LogP contribution is 2.39. The number of aromatic nitrogens is 2. The summed E-state index contributed by atoms with van der Waals surface area (Å²) in [6.45, 7) is 0.456. The van der Waals surface area contributed by atoms with Gasteiger partial charge in [-0.1, -0.05) is 48.5 Å². The quantitative estimate of drug-likeness (QED) is 0.302. The number of hydrogen-bond acceptors (Lipinski definition) is 5. The maximum Gasteiger partial charge on any atom is 0.312 e. The summed E-state index contributed by atoms with van der Waals surface area (Å²) in [7, 11) is 5.43. The molecule has 2 aromatic heterocycles. The normalized spacial score (nSPS) is 11.8. The molecule has 176 valence electrons. The zero-order valence-electron chi connectivity index (χ0n) is 19.7. The van der Waals surface area contributed by atoms with Crippen LogP contribution in [-0.2, 0) is 6.67 Å². The number of para-hydroxylation sites is 1. The van der Waals surface area contributed by atoms with E-state index in [4.69, 9.17) is 4.74 Å². The molecule has 0 radical (unpaired) electrons. The lowest BCUT2D eigenvalue weighted by molar-refractivity contribution is 0.0991. The largest absolute Gasteiger partial charge is 0.497 e. The van der Waals surface area contributed by atoms with Crippen molar-refractivity contribution in [3.8, 4) is 22.8 Å². The van der Waals surface area contributed by atoms with E-state index in [0.29, 0.717) is 23.5 Å². The van der Waals surface area contributed by atoms with E-state index in [1.165, 1.54) is 0 Å². The summed E-state index contributed by atoms with van der Waals surface area (Å²) in [5.74, 6) is 0.108.